The highest BCUT2D eigenvalue weighted by atomic mass is 32.1. The summed E-state index contributed by atoms with van der Waals surface area (Å²) in [6.45, 7) is 2.68. The third-order valence-corrected chi connectivity index (χ3v) is 5.72. The van der Waals surface area contributed by atoms with Crippen LogP contribution >= 0.6 is 11.3 Å². The zero-order chi connectivity index (χ0) is 18.6. The first-order chi connectivity index (χ1) is 13.2. The molecule has 4 rings (SSSR count). The molecule has 0 aliphatic carbocycles. The van der Waals surface area contributed by atoms with Gasteiger partial charge in [-0.05, 0) is 42.7 Å². The fourth-order valence-electron chi connectivity index (χ4n) is 3.21. The van der Waals surface area contributed by atoms with Gasteiger partial charge in [0.15, 0.2) is 0 Å². The molecule has 0 radical (unpaired) electrons. The van der Waals surface area contributed by atoms with Gasteiger partial charge in [0.2, 0.25) is 0 Å². The molecule has 1 aliphatic heterocycles. The maximum atomic E-state index is 13.9. The molecule has 3 aromatic rings. The van der Waals surface area contributed by atoms with Crippen LogP contribution in [0.4, 0.5) is 10.1 Å². The number of nitrogens with zero attached hydrogens (tertiary/aromatic N) is 2. The standard InChI is InChI=1S/C21H20FN3OS/c22-18-6-2-1-5-17(18)21-24-14-19(27-21)20(26)23-13-15-7-9-16(10-8-15)25-11-3-4-12-25/h1-2,5-10,14H,3-4,11-13H2,(H,23,26). The first kappa shape index (κ1) is 17.7. The van der Waals surface area contributed by atoms with Gasteiger partial charge in [-0.15, -0.1) is 11.3 Å². The molecule has 1 amide bonds. The number of amides is 1. The van der Waals surface area contributed by atoms with E-state index in [2.05, 4.69) is 27.3 Å². The Hall–Kier alpha value is -2.73. The fraction of sp³-hybridized carbons (Fsp3) is 0.238. The Kier molecular flexibility index (Phi) is 5.16. The number of rotatable bonds is 5. The van der Waals surface area contributed by atoms with E-state index in [1.807, 2.05) is 12.1 Å². The molecule has 2 heterocycles. The highest BCUT2D eigenvalue weighted by molar-refractivity contribution is 7.16. The van der Waals surface area contributed by atoms with E-state index in [1.165, 1.54) is 42.1 Å². The van der Waals surface area contributed by atoms with Crippen LogP contribution in [0.15, 0.2) is 54.7 Å². The zero-order valence-corrected chi connectivity index (χ0v) is 15.6. The van der Waals surface area contributed by atoms with Gasteiger partial charge in [0.1, 0.15) is 15.7 Å². The van der Waals surface area contributed by atoms with Crippen molar-refractivity contribution >= 4 is 22.9 Å². The predicted octanol–water partition coefficient (Wildman–Crippen LogP) is 4.48. The van der Waals surface area contributed by atoms with Crippen molar-refractivity contribution < 1.29 is 9.18 Å². The SMILES string of the molecule is O=C(NCc1ccc(N2CCCC2)cc1)c1cnc(-c2ccccc2F)s1. The molecule has 138 valence electrons. The normalized spacial score (nSPS) is 13.7. The monoisotopic (exact) mass is 381 g/mol. The molecule has 1 aromatic heterocycles. The molecule has 1 saturated heterocycles. The Labute approximate surface area is 161 Å². The van der Waals surface area contributed by atoms with Crippen LogP contribution in [0.5, 0.6) is 0 Å². The third kappa shape index (κ3) is 4.01. The van der Waals surface area contributed by atoms with Gasteiger partial charge >= 0.3 is 0 Å². The smallest absolute Gasteiger partial charge is 0.263 e. The molecule has 1 N–H and O–H groups in total. The van der Waals surface area contributed by atoms with Crippen molar-refractivity contribution in [3.8, 4) is 10.6 Å². The Morgan fingerprint density at radius 2 is 1.85 bits per heavy atom. The average molecular weight is 381 g/mol. The number of thiazole rings is 1. The summed E-state index contributed by atoms with van der Waals surface area (Å²) in [5, 5.41) is 3.42. The molecule has 4 nitrogen and oxygen atoms in total. The number of nitrogens with one attached hydrogen (secondary N) is 1. The van der Waals surface area contributed by atoms with Crippen LogP contribution in [-0.4, -0.2) is 24.0 Å². The van der Waals surface area contributed by atoms with Gasteiger partial charge in [0.25, 0.3) is 5.91 Å². The van der Waals surface area contributed by atoms with E-state index >= 15 is 0 Å². The first-order valence-corrected chi connectivity index (χ1v) is 9.85. The largest absolute Gasteiger partial charge is 0.372 e. The summed E-state index contributed by atoms with van der Waals surface area (Å²) in [6, 6.07) is 14.8. The van der Waals surface area contributed by atoms with Crippen molar-refractivity contribution in [1.29, 1.82) is 0 Å². The van der Waals surface area contributed by atoms with Crippen LogP contribution < -0.4 is 10.2 Å². The minimum absolute atomic E-state index is 0.196. The number of benzene rings is 2. The molecule has 1 aliphatic rings. The highest BCUT2D eigenvalue weighted by Crippen LogP contribution is 2.27. The molecule has 0 spiro atoms. The highest BCUT2D eigenvalue weighted by Gasteiger charge is 2.14. The molecule has 6 heteroatoms. The van der Waals surface area contributed by atoms with E-state index in [9.17, 15) is 9.18 Å². The van der Waals surface area contributed by atoms with Gasteiger partial charge in [-0.1, -0.05) is 24.3 Å². The Morgan fingerprint density at radius 1 is 1.11 bits per heavy atom. The predicted molar refractivity (Wildman–Crippen MR) is 107 cm³/mol. The summed E-state index contributed by atoms with van der Waals surface area (Å²) in [5.41, 5.74) is 2.70. The molecule has 1 fully saturated rings. The lowest BCUT2D eigenvalue weighted by Crippen LogP contribution is -2.22. The molecule has 0 unspecified atom stereocenters. The summed E-state index contributed by atoms with van der Waals surface area (Å²) in [6.07, 6.45) is 4.00. The molecule has 27 heavy (non-hydrogen) atoms. The van der Waals surface area contributed by atoms with Crippen molar-refractivity contribution in [2.75, 3.05) is 18.0 Å². The second-order valence-corrected chi connectivity index (χ2v) is 7.58. The van der Waals surface area contributed by atoms with Crippen molar-refractivity contribution in [3.63, 3.8) is 0 Å². The van der Waals surface area contributed by atoms with Crippen molar-refractivity contribution in [2.45, 2.75) is 19.4 Å². The van der Waals surface area contributed by atoms with E-state index < -0.39 is 0 Å². The first-order valence-electron chi connectivity index (χ1n) is 9.03. The molecule has 0 bridgehead atoms. The lowest BCUT2D eigenvalue weighted by atomic mass is 10.2. The van der Waals surface area contributed by atoms with Crippen molar-refractivity contribution in [1.82, 2.24) is 10.3 Å². The Bertz CT molecular complexity index is 933. The molecule has 0 saturated carbocycles. The maximum absolute atomic E-state index is 13.9. The van der Waals surface area contributed by atoms with Crippen molar-refractivity contribution in [3.05, 3.63) is 71.0 Å². The number of hydrogen-bond donors (Lipinski definition) is 1. The van der Waals surface area contributed by atoms with E-state index in [0.29, 0.717) is 22.0 Å². The summed E-state index contributed by atoms with van der Waals surface area (Å²) in [7, 11) is 0. The second kappa shape index (κ2) is 7.88. The minimum atomic E-state index is -0.336. The zero-order valence-electron chi connectivity index (χ0n) is 14.8. The van der Waals surface area contributed by atoms with Crippen molar-refractivity contribution in [2.24, 2.45) is 0 Å². The summed E-state index contributed by atoms with van der Waals surface area (Å²) in [5.74, 6) is -0.532. The second-order valence-electron chi connectivity index (χ2n) is 6.55. The van der Waals surface area contributed by atoms with Gasteiger partial charge < -0.3 is 10.2 Å². The maximum Gasteiger partial charge on any atom is 0.263 e. The lowest BCUT2D eigenvalue weighted by Gasteiger charge is -2.17. The number of carbonyl (C=O) groups excluding carboxylic acids is 1. The van der Waals surface area contributed by atoms with E-state index in [0.717, 1.165) is 18.7 Å². The number of halogens is 1. The topological polar surface area (TPSA) is 45.2 Å². The summed E-state index contributed by atoms with van der Waals surface area (Å²) < 4.78 is 13.9. The lowest BCUT2D eigenvalue weighted by molar-refractivity contribution is 0.0955. The van der Waals surface area contributed by atoms with Gasteiger partial charge in [-0.25, -0.2) is 9.37 Å². The summed E-state index contributed by atoms with van der Waals surface area (Å²) >= 11 is 1.19. The minimum Gasteiger partial charge on any atom is -0.372 e. The molecule has 0 atom stereocenters. The van der Waals surface area contributed by atoms with Crippen LogP contribution in [0, 0.1) is 5.82 Å². The third-order valence-electron chi connectivity index (χ3n) is 4.69. The summed E-state index contributed by atoms with van der Waals surface area (Å²) in [4.78, 5) is 19.4. The number of hydrogen-bond acceptors (Lipinski definition) is 4. The molecular formula is C21H20FN3OS. The molecular weight excluding hydrogens is 361 g/mol. The van der Waals surface area contributed by atoms with Crippen LogP contribution in [0.1, 0.15) is 28.1 Å². The van der Waals surface area contributed by atoms with E-state index in [-0.39, 0.29) is 11.7 Å². The Morgan fingerprint density at radius 3 is 2.59 bits per heavy atom. The van der Waals surface area contributed by atoms with Crippen LogP contribution in [-0.2, 0) is 6.54 Å². The van der Waals surface area contributed by atoms with Gasteiger partial charge in [-0.2, -0.15) is 0 Å². The van der Waals surface area contributed by atoms with Crippen LogP contribution in [0.3, 0.4) is 0 Å². The van der Waals surface area contributed by atoms with E-state index in [1.54, 1.807) is 18.2 Å². The number of anilines is 1. The molecule has 2 aromatic carbocycles. The number of carbonyl (C=O) groups is 1. The average Bonchev–Trinajstić information content (AvgIpc) is 3.39. The van der Waals surface area contributed by atoms with Gasteiger partial charge in [0.05, 0.1) is 6.20 Å². The Balaban J connectivity index is 1.37. The van der Waals surface area contributed by atoms with Crippen LogP contribution in [0.2, 0.25) is 0 Å². The number of aromatic nitrogens is 1. The van der Waals surface area contributed by atoms with Gasteiger partial charge in [0, 0.05) is 30.9 Å². The van der Waals surface area contributed by atoms with Crippen LogP contribution in [0.25, 0.3) is 10.6 Å². The van der Waals surface area contributed by atoms with Gasteiger partial charge in [-0.3, -0.25) is 4.79 Å². The fourth-order valence-corrected chi connectivity index (χ4v) is 4.07. The quantitative estimate of drug-likeness (QED) is 0.709. The van der Waals surface area contributed by atoms with E-state index in [4.69, 9.17) is 0 Å².